The van der Waals surface area contributed by atoms with Gasteiger partial charge in [-0.15, -0.1) is 0 Å². The molecule has 0 bridgehead atoms. The second-order valence-electron chi connectivity index (χ2n) is 4.59. The van der Waals surface area contributed by atoms with Gasteiger partial charge in [-0.25, -0.2) is 4.98 Å². The van der Waals surface area contributed by atoms with Gasteiger partial charge < -0.3 is 20.9 Å². The monoisotopic (exact) mass is 257 g/mol. The number of ether oxygens (including phenoxy) is 1. The number of nitrogens with one attached hydrogen (secondary N) is 1. The van der Waals surface area contributed by atoms with Gasteiger partial charge in [0.2, 0.25) is 0 Å². The van der Waals surface area contributed by atoms with E-state index in [0.717, 1.165) is 22.4 Å². The predicted octanol–water partition coefficient (Wildman–Crippen LogP) is 1.97. The molecule has 1 aliphatic rings. The summed E-state index contributed by atoms with van der Waals surface area (Å²) in [5.41, 5.74) is 9.51. The van der Waals surface area contributed by atoms with Crippen molar-refractivity contribution in [3.63, 3.8) is 0 Å². The summed E-state index contributed by atoms with van der Waals surface area (Å²) >= 11 is 0. The van der Waals surface area contributed by atoms with Gasteiger partial charge in [0.15, 0.2) is 0 Å². The van der Waals surface area contributed by atoms with Crippen molar-refractivity contribution in [1.82, 2.24) is 4.98 Å². The molecule has 0 aliphatic carbocycles. The first-order valence-corrected chi connectivity index (χ1v) is 6.10. The average molecular weight is 257 g/mol. The lowest BCUT2D eigenvalue weighted by Gasteiger charge is -2.21. The number of rotatable bonds is 2. The van der Waals surface area contributed by atoms with Crippen molar-refractivity contribution in [3.05, 3.63) is 36.0 Å². The van der Waals surface area contributed by atoms with Crippen LogP contribution in [-0.4, -0.2) is 16.3 Å². The molecule has 2 aromatic rings. The van der Waals surface area contributed by atoms with E-state index < -0.39 is 6.23 Å². The van der Waals surface area contributed by atoms with Gasteiger partial charge in [-0.05, 0) is 30.7 Å². The molecule has 0 saturated carbocycles. The number of nitrogens with zero attached hydrogens (tertiary/aromatic N) is 1. The highest BCUT2D eigenvalue weighted by atomic mass is 16.5. The van der Waals surface area contributed by atoms with Crippen molar-refractivity contribution in [1.29, 1.82) is 0 Å². The minimum absolute atomic E-state index is 0.480. The summed E-state index contributed by atoms with van der Waals surface area (Å²) in [4.78, 5) is 4.25. The quantitative estimate of drug-likeness (QED) is 0.566. The molecule has 1 aliphatic heterocycles. The summed E-state index contributed by atoms with van der Waals surface area (Å²) < 4.78 is 5.66. The Morgan fingerprint density at radius 1 is 1.37 bits per heavy atom. The molecule has 0 amide bonds. The second kappa shape index (κ2) is 4.44. The number of aliphatic hydroxyl groups excluding tert-OH is 1. The van der Waals surface area contributed by atoms with Gasteiger partial charge >= 0.3 is 0 Å². The van der Waals surface area contributed by atoms with E-state index in [-0.39, 0.29) is 0 Å². The van der Waals surface area contributed by atoms with Gasteiger partial charge in [0.1, 0.15) is 24.4 Å². The summed E-state index contributed by atoms with van der Waals surface area (Å²) in [6, 6.07) is 7.52. The highest BCUT2D eigenvalue weighted by Gasteiger charge is 2.18. The number of nitrogen functional groups attached to an aromatic ring is 1. The van der Waals surface area contributed by atoms with E-state index in [1.807, 2.05) is 24.3 Å². The van der Waals surface area contributed by atoms with Crippen LogP contribution in [0.5, 0.6) is 5.75 Å². The molecule has 4 N–H and O–H groups in total. The van der Waals surface area contributed by atoms with E-state index >= 15 is 0 Å². The van der Waals surface area contributed by atoms with Gasteiger partial charge in [0.05, 0.1) is 0 Å². The number of aromatic nitrogens is 1. The van der Waals surface area contributed by atoms with Crippen LogP contribution in [0.1, 0.15) is 12.5 Å². The zero-order valence-electron chi connectivity index (χ0n) is 10.6. The molecule has 1 aromatic carbocycles. The molecule has 0 radical (unpaired) electrons. The van der Waals surface area contributed by atoms with Gasteiger partial charge in [-0.1, -0.05) is 0 Å². The van der Waals surface area contributed by atoms with Gasteiger partial charge in [-0.2, -0.15) is 0 Å². The van der Waals surface area contributed by atoms with Crippen LogP contribution in [0.4, 0.5) is 11.5 Å². The highest BCUT2D eigenvalue weighted by molar-refractivity contribution is 5.78. The maximum absolute atomic E-state index is 9.35. The number of nitrogens with two attached hydrogens (primary N) is 1. The Hall–Kier alpha value is -2.27. The lowest BCUT2D eigenvalue weighted by Crippen LogP contribution is -2.15. The molecule has 1 unspecified atom stereocenters. The van der Waals surface area contributed by atoms with Crippen LogP contribution < -0.4 is 15.8 Å². The first-order valence-electron chi connectivity index (χ1n) is 6.10. The van der Waals surface area contributed by atoms with Gasteiger partial charge in [0, 0.05) is 29.1 Å². The first-order chi connectivity index (χ1) is 9.13. The maximum atomic E-state index is 9.35. The first kappa shape index (κ1) is 11.8. The van der Waals surface area contributed by atoms with Crippen LogP contribution in [0, 0.1) is 0 Å². The van der Waals surface area contributed by atoms with Gasteiger partial charge in [0.25, 0.3) is 0 Å². The molecular formula is C14H15N3O2. The third-order valence-electron chi connectivity index (χ3n) is 3.02. The van der Waals surface area contributed by atoms with Crippen molar-refractivity contribution in [3.8, 4) is 16.9 Å². The zero-order chi connectivity index (χ0) is 13.4. The van der Waals surface area contributed by atoms with Crippen LogP contribution in [0.25, 0.3) is 11.1 Å². The van der Waals surface area contributed by atoms with E-state index in [2.05, 4.69) is 10.3 Å². The molecule has 5 heteroatoms. The molecule has 19 heavy (non-hydrogen) atoms. The highest BCUT2D eigenvalue weighted by Crippen LogP contribution is 2.39. The SMILES string of the molecule is CC(O)Nc1cc2c(cn1)COc1cc(N)ccc1-2. The van der Waals surface area contributed by atoms with Crippen LogP contribution in [0.2, 0.25) is 0 Å². The number of benzene rings is 1. The Morgan fingerprint density at radius 2 is 2.21 bits per heavy atom. The molecule has 98 valence electrons. The number of aliphatic hydroxyl groups is 1. The fourth-order valence-electron chi connectivity index (χ4n) is 2.18. The number of anilines is 2. The Bertz CT molecular complexity index is 626. The van der Waals surface area contributed by atoms with E-state index in [0.29, 0.717) is 18.1 Å². The van der Waals surface area contributed by atoms with Crippen molar-refractivity contribution in [2.24, 2.45) is 0 Å². The average Bonchev–Trinajstić information content (AvgIpc) is 2.37. The zero-order valence-corrected chi connectivity index (χ0v) is 10.6. The standard InChI is InChI=1S/C14H15N3O2/c1-8(18)17-14-5-12-9(6-16-14)7-19-13-4-10(15)2-3-11(12)13/h2-6,8,18H,7,15H2,1H3,(H,16,17). The fraction of sp³-hybridized carbons (Fsp3) is 0.214. The maximum Gasteiger partial charge on any atom is 0.129 e. The molecule has 0 spiro atoms. The van der Waals surface area contributed by atoms with Crippen LogP contribution in [-0.2, 0) is 6.61 Å². The number of pyridine rings is 1. The number of fused-ring (bicyclic) bond motifs is 3. The largest absolute Gasteiger partial charge is 0.488 e. The Morgan fingerprint density at radius 3 is 3.00 bits per heavy atom. The van der Waals surface area contributed by atoms with Crippen LogP contribution in [0.15, 0.2) is 30.5 Å². The van der Waals surface area contributed by atoms with E-state index in [9.17, 15) is 5.11 Å². The third kappa shape index (κ3) is 2.20. The Kier molecular flexibility index (Phi) is 2.76. The lowest BCUT2D eigenvalue weighted by atomic mass is 9.98. The van der Waals surface area contributed by atoms with Crippen molar-refractivity contribution in [2.75, 3.05) is 11.1 Å². The second-order valence-corrected chi connectivity index (χ2v) is 4.59. The third-order valence-corrected chi connectivity index (χ3v) is 3.02. The minimum atomic E-state index is -0.642. The minimum Gasteiger partial charge on any atom is -0.488 e. The smallest absolute Gasteiger partial charge is 0.129 e. The summed E-state index contributed by atoms with van der Waals surface area (Å²) in [5.74, 6) is 1.42. The summed E-state index contributed by atoms with van der Waals surface area (Å²) in [5, 5.41) is 12.2. The summed E-state index contributed by atoms with van der Waals surface area (Å²) in [6.45, 7) is 2.13. The van der Waals surface area contributed by atoms with E-state index in [1.165, 1.54) is 0 Å². The topological polar surface area (TPSA) is 80.4 Å². The lowest BCUT2D eigenvalue weighted by molar-refractivity contribution is 0.224. The molecule has 3 rings (SSSR count). The Labute approximate surface area is 111 Å². The molecule has 0 fully saturated rings. The molecule has 1 aromatic heterocycles. The van der Waals surface area contributed by atoms with E-state index in [4.69, 9.17) is 10.5 Å². The number of hydrogen-bond acceptors (Lipinski definition) is 5. The van der Waals surface area contributed by atoms with Crippen LogP contribution >= 0.6 is 0 Å². The fourth-order valence-corrected chi connectivity index (χ4v) is 2.18. The summed E-state index contributed by atoms with van der Waals surface area (Å²) in [7, 11) is 0. The van der Waals surface area contributed by atoms with Crippen molar-refractivity contribution < 1.29 is 9.84 Å². The molecule has 2 heterocycles. The molecular weight excluding hydrogens is 242 g/mol. The molecule has 1 atom stereocenters. The van der Waals surface area contributed by atoms with Gasteiger partial charge in [-0.3, -0.25) is 0 Å². The predicted molar refractivity (Wildman–Crippen MR) is 73.7 cm³/mol. The molecule has 5 nitrogen and oxygen atoms in total. The van der Waals surface area contributed by atoms with Crippen molar-refractivity contribution >= 4 is 11.5 Å². The van der Waals surface area contributed by atoms with E-state index in [1.54, 1.807) is 13.1 Å². The number of hydrogen-bond donors (Lipinski definition) is 3. The van der Waals surface area contributed by atoms with Crippen molar-refractivity contribution in [2.45, 2.75) is 19.8 Å². The van der Waals surface area contributed by atoms with Crippen LogP contribution in [0.3, 0.4) is 0 Å². The summed E-state index contributed by atoms with van der Waals surface area (Å²) in [6.07, 6.45) is 1.12. The normalized spacial score (nSPS) is 14.0. The Balaban J connectivity index is 2.08. The molecule has 0 saturated heterocycles.